The smallest absolute Gasteiger partial charge is 0.238 e. The molecule has 0 amide bonds. The molecule has 5 heteroatoms. The van der Waals surface area contributed by atoms with Gasteiger partial charge in [-0.25, -0.2) is 4.98 Å². The molecule has 50 heavy (non-hydrogen) atoms. The van der Waals surface area contributed by atoms with E-state index in [-0.39, 0.29) is 57.2 Å². The molecule has 0 saturated heterocycles. The van der Waals surface area contributed by atoms with Gasteiger partial charge in [0.15, 0.2) is 11.6 Å². The van der Waals surface area contributed by atoms with Gasteiger partial charge in [-0.2, -0.15) is 9.97 Å². The van der Waals surface area contributed by atoms with Gasteiger partial charge in [0, 0.05) is 38.2 Å². The molecule has 0 aliphatic heterocycles. The predicted molar refractivity (Wildman–Crippen MR) is 203 cm³/mol. The van der Waals surface area contributed by atoms with Gasteiger partial charge in [-0.1, -0.05) is 139 Å². The molecule has 0 N–H and O–H groups in total. The standard InChI is InChI=1S/C45H28N4O/c1-3-12-29(13-4-1)30-22-24-32(25-23-30)43-46-44(33-26-27-41-38(28-33)36-17-8-10-21-40(36)50-41)48-45(47-43)49-39-20-9-7-16-35(39)37-19-11-18-34(42(37)49)31-14-5-2-6-15-31/h1-28H/i2D,5D,6D,7D,9D,14D,15D,16D,20D. The van der Waals surface area contributed by atoms with Crippen LogP contribution in [-0.2, 0) is 0 Å². The Labute approximate surface area is 300 Å². The first kappa shape index (κ1) is 20.5. The van der Waals surface area contributed by atoms with Crippen molar-refractivity contribution in [2.45, 2.75) is 0 Å². The second-order valence-electron chi connectivity index (χ2n) is 11.8. The molecule has 0 atom stereocenters. The first-order chi connectivity index (χ1) is 28.5. The van der Waals surface area contributed by atoms with E-state index in [1.807, 2.05) is 97.1 Å². The van der Waals surface area contributed by atoms with Crippen molar-refractivity contribution in [2.24, 2.45) is 0 Å². The topological polar surface area (TPSA) is 56.7 Å². The Morgan fingerprint density at radius 3 is 1.98 bits per heavy atom. The zero-order valence-electron chi connectivity index (χ0n) is 35.2. The predicted octanol–water partition coefficient (Wildman–Crippen LogP) is 11.5. The van der Waals surface area contributed by atoms with E-state index < -0.39 is 42.3 Å². The van der Waals surface area contributed by atoms with Crippen LogP contribution in [0.2, 0.25) is 0 Å². The Kier molecular flexibility index (Phi) is 4.67. The fourth-order valence-corrected chi connectivity index (χ4v) is 6.58. The van der Waals surface area contributed by atoms with Crippen LogP contribution in [0.15, 0.2) is 174 Å². The van der Waals surface area contributed by atoms with Gasteiger partial charge in [-0.3, -0.25) is 4.57 Å². The van der Waals surface area contributed by atoms with Crippen LogP contribution in [0.25, 0.3) is 94.7 Å². The average molecular weight is 650 g/mol. The number of para-hydroxylation sites is 3. The lowest BCUT2D eigenvalue weighted by atomic mass is 10.0. The minimum atomic E-state index is -0.552. The number of rotatable bonds is 5. The molecule has 0 aliphatic rings. The highest BCUT2D eigenvalue weighted by molar-refractivity contribution is 6.13. The SMILES string of the molecule is [2H]c1c([2H])c([2H])c(-c2cccc3c4c([2H])c([2H])c([2H])c([2H])c4n(-c4nc(-c5ccc(-c6ccccc6)cc5)nc(-c5ccc6oc7ccccc7c6c5)n4)c23)c([2H])c1[2H]. The molecule has 3 heterocycles. The Morgan fingerprint density at radius 2 is 1.12 bits per heavy atom. The van der Waals surface area contributed by atoms with Gasteiger partial charge < -0.3 is 4.42 Å². The van der Waals surface area contributed by atoms with Crippen molar-refractivity contribution < 1.29 is 16.8 Å². The van der Waals surface area contributed by atoms with Gasteiger partial charge in [0.2, 0.25) is 5.95 Å². The van der Waals surface area contributed by atoms with Crippen molar-refractivity contribution in [3.8, 4) is 51.0 Å². The van der Waals surface area contributed by atoms with E-state index >= 15 is 0 Å². The summed E-state index contributed by atoms with van der Waals surface area (Å²) in [7, 11) is 0. The lowest BCUT2D eigenvalue weighted by Gasteiger charge is -2.13. The monoisotopic (exact) mass is 649 g/mol. The molecule has 10 aromatic rings. The summed E-state index contributed by atoms with van der Waals surface area (Å²) in [5, 5.41) is 2.24. The first-order valence-corrected chi connectivity index (χ1v) is 16.0. The fraction of sp³-hybridized carbons (Fsp3) is 0. The van der Waals surface area contributed by atoms with Crippen LogP contribution in [-0.4, -0.2) is 19.5 Å². The van der Waals surface area contributed by atoms with Gasteiger partial charge in [0.1, 0.15) is 11.2 Å². The normalized spacial score (nSPS) is 14.1. The van der Waals surface area contributed by atoms with Crippen molar-refractivity contribution in [2.75, 3.05) is 0 Å². The summed E-state index contributed by atoms with van der Waals surface area (Å²) in [6.07, 6.45) is 0. The zero-order chi connectivity index (χ0) is 40.9. The summed E-state index contributed by atoms with van der Waals surface area (Å²) in [5.74, 6) is 0.498. The van der Waals surface area contributed by atoms with Crippen molar-refractivity contribution in [3.63, 3.8) is 0 Å². The third kappa shape index (κ3) is 4.60. The van der Waals surface area contributed by atoms with Crippen LogP contribution in [0.1, 0.15) is 12.3 Å². The molecule has 0 radical (unpaired) electrons. The lowest BCUT2D eigenvalue weighted by molar-refractivity contribution is 0.669. The van der Waals surface area contributed by atoms with E-state index in [9.17, 15) is 1.37 Å². The van der Waals surface area contributed by atoms with Crippen LogP contribution in [0, 0.1) is 0 Å². The second kappa shape index (κ2) is 11.4. The molecule has 10 rings (SSSR count). The molecule has 0 saturated carbocycles. The maximum absolute atomic E-state index is 9.24. The summed E-state index contributed by atoms with van der Waals surface area (Å²) >= 11 is 0. The van der Waals surface area contributed by atoms with E-state index in [1.165, 1.54) is 4.57 Å². The molecule has 5 nitrogen and oxygen atoms in total. The van der Waals surface area contributed by atoms with Crippen LogP contribution >= 0.6 is 0 Å². The van der Waals surface area contributed by atoms with Crippen molar-refractivity contribution in [1.29, 1.82) is 0 Å². The van der Waals surface area contributed by atoms with Gasteiger partial charge in [0.25, 0.3) is 0 Å². The maximum Gasteiger partial charge on any atom is 0.238 e. The van der Waals surface area contributed by atoms with E-state index in [4.69, 9.17) is 30.3 Å². The minimum absolute atomic E-state index is 0.0147. The molecular formula is C45H28N4O. The van der Waals surface area contributed by atoms with Crippen molar-refractivity contribution in [1.82, 2.24) is 19.5 Å². The molecule has 0 unspecified atom stereocenters. The molecule has 7 aromatic carbocycles. The van der Waals surface area contributed by atoms with E-state index in [1.54, 1.807) is 18.2 Å². The second-order valence-corrected chi connectivity index (χ2v) is 11.8. The Morgan fingerprint density at radius 1 is 0.460 bits per heavy atom. The first-order valence-electron chi connectivity index (χ1n) is 20.5. The largest absolute Gasteiger partial charge is 0.456 e. The summed E-state index contributed by atoms with van der Waals surface area (Å²) in [4.78, 5) is 15.0. The van der Waals surface area contributed by atoms with Crippen molar-refractivity contribution >= 4 is 43.7 Å². The number of benzene rings is 7. The summed E-state index contributed by atoms with van der Waals surface area (Å²) in [5.41, 5.74) is 4.99. The van der Waals surface area contributed by atoms with Gasteiger partial charge in [0.05, 0.1) is 23.4 Å². The van der Waals surface area contributed by atoms with Crippen molar-refractivity contribution in [3.05, 3.63) is 170 Å². The van der Waals surface area contributed by atoms with Crippen LogP contribution in [0.3, 0.4) is 0 Å². The number of aromatic nitrogens is 4. The third-order valence-electron chi connectivity index (χ3n) is 8.90. The number of nitrogens with zero attached hydrogens (tertiary/aromatic N) is 4. The molecule has 0 bridgehead atoms. The highest BCUT2D eigenvalue weighted by atomic mass is 16.3. The van der Waals surface area contributed by atoms with Gasteiger partial charge in [-0.15, -0.1) is 0 Å². The van der Waals surface area contributed by atoms with Crippen LogP contribution < -0.4 is 0 Å². The quantitative estimate of drug-likeness (QED) is 0.186. The lowest BCUT2D eigenvalue weighted by Crippen LogP contribution is -2.07. The van der Waals surface area contributed by atoms with E-state index in [2.05, 4.69) is 0 Å². The molecular weight excluding hydrogens is 613 g/mol. The number of hydrogen-bond donors (Lipinski definition) is 0. The van der Waals surface area contributed by atoms with Crippen LogP contribution in [0.4, 0.5) is 0 Å². The fourth-order valence-electron chi connectivity index (χ4n) is 6.58. The summed E-state index contributed by atoms with van der Waals surface area (Å²) in [6, 6.07) is 31.7. The highest BCUT2D eigenvalue weighted by Gasteiger charge is 2.21. The molecule has 0 fully saturated rings. The maximum atomic E-state index is 9.24. The molecule has 0 spiro atoms. The average Bonchev–Trinajstić information content (AvgIpc) is 3.83. The summed E-state index contributed by atoms with van der Waals surface area (Å²) < 4.78 is 86.4. The zero-order valence-corrected chi connectivity index (χ0v) is 26.2. The highest BCUT2D eigenvalue weighted by Crippen LogP contribution is 2.38. The molecule has 0 aliphatic carbocycles. The van der Waals surface area contributed by atoms with E-state index in [0.717, 1.165) is 27.5 Å². The Bertz CT molecular complexity index is 3350. The third-order valence-corrected chi connectivity index (χ3v) is 8.90. The number of fused-ring (bicyclic) bond motifs is 6. The van der Waals surface area contributed by atoms with Gasteiger partial charge >= 0.3 is 0 Å². The Balaban J connectivity index is 1.32. The van der Waals surface area contributed by atoms with Gasteiger partial charge in [-0.05, 0) is 47.0 Å². The Hall–Kier alpha value is -6.85. The number of hydrogen-bond acceptors (Lipinski definition) is 4. The van der Waals surface area contributed by atoms with Crippen LogP contribution in [0.5, 0.6) is 0 Å². The molecule has 3 aromatic heterocycles. The van der Waals surface area contributed by atoms with E-state index in [0.29, 0.717) is 22.1 Å². The minimum Gasteiger partial charge on any atom is -0.456 e. The summed E-state index contributed by atoms with van der Waals surface area (Å²) in [6.45, 7) is 0. The number of furan rings is 1. The molecule has 234 valence electrons.